The number of ether oxygens (including phenoxy) is 2. The Kier molecular flexibility index (Phi) is 34.0. The summed E-state index contributed by atoms with van der Waals surface area (Å²) in [5.74, 6) is -0.819. The van der Waals surface area contributed by atoms with Crippen LogP contribution in [0.25, 0.3) is 0 Å². The monoisotopic (exact) mass is 753 g/mol. The largest absolute Gasteiger partial charge is 0.472 e. The zero-order valence-electron chi connectivity index (χ0n) is 33.5. The molecule has 2 atom stereocenters. The fraction of sp³-hybridized carbons (Fsp3) is 0.950. The number of esters is 2. The molecular formula is C40H80FNO8P+. The van der Waals surface area contributed by atoms with Crippen LogP contribution < -0.4 is 0 Å². The lowest BCUT2D eigenvalue weighted by atomic mass is 10.0. The molecule has 0 aliphatic heterocycles. The van der Waals surface area contributed by atoms with E-state index in [1.165, 1.54) is 103 Å². The van der Waals surface area contributed by atoms with Crippen LogP contribution in [0.4, 0.5) is 4.39 Å². The molecule has 0 saturated heterocycles. The van der Waals surface area contributed by atoms with E-state index >= 15 is 0 Å². The number of alkyl halides is 1. The number of phosphoric ester groups is 1. The first-order valence-corrected chi connectivity index (χ1v) is 22.3. The predicted molar refractivity (Wildman–Crippen MR) is 206 cm³/mol. The van der Waals surface area contributed by atoms with E-state index in [0.29, 0.717) is 23.9 Å². The van der Waals surface area contributed by atoms with E-state index < -0.39 is 26.5 Å². The number of hydrogen-bond acceptors (Lipinski definition) is 7. The van der Waals surface area contributed by atoms with Crippen molar-refractivity contribution in [2.24, 2.45) is 0 Å². The summed E-state index contributed by atoms with van der Waals surface area (Å²) < 4.78 is 46.3. The quantitative estimate of drug-likeness (QED) is 0.0286. The number of phosphoric acid groups is 1. The first-order valence-electron chi connectivity index (χ1n) is 20.8. The zero-order chi connectivity index (χ0) is 37.9. The molecule has 0 aromatic carbocycles. The third kappa shape index (κ3) is 38.5. The molecule has 0 aromatic heterocycles. The smallest absolute Gasteiger partial charge is 0.462 e. The third-order valence-corrected chi connectivity index (χ3v) is 10.2. The van der Waals surface area contributed by atoms with Crippen LogP contribution in [0.15, 0.2) is 0 Å². The molecule has 0 aliphatic carbocycles. The van der Waals surface area contributed by atoms with Gasteiger partial charge in [0, 0.05) is 12.8 Å². The minimum atomic E-state index is -4.37. The van der Waals surface area contributed by atoms with Crippen molar-refractivity contribution in [3.8, 4) is 0 Å². The van der Waals surface area contributed by atoms with Crippen LogP contribution >= 0.6 is 7.82 Å². The van der Waals surface area contributed by atoms with E-state index in [9.17, 15) is 23.4 Å². The van der Waals surface area contributed by atoms with Crippen molar-refractivity contribution in [2.45, 2.75) is 193 Å². The van der Waals surface area contributed by atoms with E-state index in [1.807, 2.05) is 21.1 Å². The second-order valence-corrected chi connectivity index (χ2v) is 16.9. The summed E-state index contributed by atoms with van der Waals surface area (Å²) in [7, 11) is 1.45. The summed E-state index contributed by atoms with van der Waals surface area (Å²) in [6.07, 6.45) is 29.4. The number of carbonyl (C=O) groups is 2. The predicted octanol–water partition coefficient (Wildman–Crippen LogP) is 11.2. The Morgan fingerprint density at radius 1 is 0.588 bits per heavy atom. The van der Waals surface area contributed by atoms with Crippen LogP contribution in [0.3, 0.4) is 0 Å². The summed E-state index contributed by atoms with van der Waals surface area (Å²) in [5, 5.41) is 0. The van der Waals surface area contributed by atoms with E-state index in [0.717, 1.165) is 51.4 Å². The number of halogens is 1. The maximum Gasteiger partial charge on any atom is 0.472 e. The van der Waals surface area contributed by atoms with Crippen LogP contribution in [0.1, 0.15) is 187 Å². The van der Waals surface area contributed by atoms with Crippen molar-refractivity contribution < 1.29 is 46.4 Å². The summed E-state index contributed by atoms with van der Waals surface area (Å²) in [4.78, 5) is 35.2. The molecule has 11 heteroatoms. The van der Waals surface area contributed by atoms with Crippen LogP contribution in [0.5, 0.6) is 0 Å². The van der Waals surface area contributed by atoms with Gasteiger partial charge in [-0.15, -0.1) is 0 Å². The number of likely N-dealkylation sites (N-methyl/N-ethyl adjacent to an activating group) is 1. The summed E-state index contributed by atoms with van der Waals surface area (Å²) in [5.41, 5.74) is 0. The fourth-order valence-corrected chi connectivity index (χ4v) is 6.60. The van der Waals surface area contributed by atoms with E-state index in [1.54, 1.807) is 0 Å². The molecule has 304 valence electrons. The highest BCUT2D eigenvalue weighted by Crippen LogP contribution is 2.43. The number of nitrogens with zero attached hydrogens (tertiary/aromatic N) is 1. The van der Waals surface area contributed by atoms with Crippen LogP contribution in [0, 0.1) is 0 Å². The Bertz CT molecular complexity index is 857. The van der Waals surface area contributed by atoms with Gasteiger partial charge < -0.3 is 18.9 Å². The Morgan fingerprint density at radius 2 is 0.980 bits per heavy atom. The zero-order valence-corrected chi connectivity index (χ0v) is 34.4. The topological polar surface area (TPSA) is 108 Å². The molecule has 0 rings (SSSR count). The molecule has 0 aliphatic rings. The molecule has 0 amide bonds. The molecule has 1 N–H and O–H groups in total. The summed E-state index contributed by atoms with van der Waals surface area (Å²) in [6, 6.07) is 0. The summed E-state index contributed by atoms with van der Waals surface area (Å²) in [6.45, 7) is 1.94. The second kappa shape index (κ2) is 34.7. The molecule has 0 heterocycles. The van der Waals surface area contributed by atoms with E-state index in [4.69, 9.17) is 18.5 Å². The molecular weight excluding hydrogens is 672 g/mol. The molecule has 2 unspecified atom stereocenters. The first-order chi connectivity index (χ1) is 24.5. The van der Waals surface area contributed by atoms with Crippen molar-refractivity contribution in [3.63, 3.8) is 0 Å². The Hall–Kier alpha value is -1.06. The minimum Gasteiger partial charge on any atom is -0.462 e. The number of rotatable bonds is 39. The fourth-order valence-electron chi connectivity index (χ4n) is 5.86. The number of hydrogen-bond donors (Lipinski definition) is 1. The minimum absolute atomic E-state index is 0.0263. The van der Waals surface area contributed by atoms with Gasteiger partial charge >= 0.3 is 19.8 Å². The average Bonchev–Trinajstić information content (AvgIpc) is 3.07. The molecule has 0 aromatic rings. The van der Waals surface area contributed by atoms with Crippen molar-refractivity contribution in [3.05, 3.63) is 0 Å². The van der Waals surface area contributed by atoms with Crippen LogP contribution in [-0.4, -0.2) is 81.6 Å². The lowest BCUT2D eigenvalue weighted by Gasteiger charge is -2.24. The van der Waals surface area contributed by atoms with Gasteiger partial charge in [0.1, 0.15) is 19.8 Å². The maximum absolute atomic E-state index is 12.6. The first kappa shape index (κ1) is 49.9. The third-order valence-electron chi connectivity index (χ3n) is 9.17. The van der Waals surface area contributed by atoms with Crippen molar-refractivity contribution in [1.82, 2.24) is 0 Å². The molecule has 0 radical (unpaired) electrons. The van der Waals surface area contributed by atoms with Gasteiger partial charge in [-0.25, -0.2) is 4.57 Å². The van der Waals surface area contributed by atoms with Gasteiger partial charge in [0.2, 0.25) is 0 Å². The SMILES string of the molecule is CCCCCCCCCCCCCCCC(=O)OCC(COP(=O)(O)OCC[N+](C)(C)C)OC(=O)CCCCCCCCCCCCCCCF. The molecule has 51 heavy (non-hydrogen) atoms. The van der Waals surface area contributed by atoms with Gasteiger partial charge in [0.15, 0.2) is 6.10 Å². The van der Waals surface area contributed by atoms with Crippen LogP contribution in [0.2, 0.25) is 0 Å². The number of unbranched alkanes of at least 4 members (excludes halogenated alkanes) is 24. The van der Waals surface area contributed by atoms with Gasteiger partial charge in [-0.2, -0.15) is 0 Å². The second-order valence-electron chi connectivity index (χ2n) is 15.4. The Balaban J connectivity index is 4.35. The van der Waals surface area contributed by atoms with E-state index in [-0.39, 0.29) is 38.7 Å². The van der Waals surface area contributed by atoms with Gasteiger partial charge in [0.25, 0.3) is 0 Å². The summed E-state index contributed by atoms with van der Waals surface area (Å²) >= 11 is 0. The normalized spacial score (nSPS) is 13.6. The number of carbonyl (C=O) groups excluding carboxylic acids is 2. The van der Waals surface area contributed by atoms with Gasteiger partial charge in [-0.1, -0.05) is 155 Å². The average molecular weight is 753 g/mol. The molecule has 0 saturated carbocycles. The van der Waals surface area contributed by atoms with E-state index in [2.05, 4.69) is 6.92 Å². The van der Waals surface area contributed by atoms with Crippen LogP contribution in [-0.2, 0) is 32.7 Å². The Labute approximate surface area is 312 Å². The highest BCUT2D eigenvalue weighted by Gasteiger charge is 2.27. The molecule has 9 nitrogen and oxygen atoms in total. The lowest BCUT2D eigenvalue weighted by Crippen LogP contribution is -2.37. The highest BCUT2D eigenvalue weighted by atomic mass is 31.2. The van der Waals surface area contributed by atoms with Crippen molar-refractivity contribution in [1.29, 1.82) is 0 Å². The molecule has 0 bridgehead atoms. The molecule has 0 spiro atoms. The van der Waals surface area contributed by atoms with Crippen molar-refractivity contribution >= 4 is 19.8 Å². The van der Waals surface area contributed by atoms with Gasteiger partial charge in [-0.3, -0.25) is 23.0 Å². The molecule has 0 fully saturated rings. The van der Waals surface area contributed by atoms with Gasteiger partial charge in [0.05, 0.1) is 34.4 Å². The standard InChI is InChI=1S/C40H79FNO8P/c1-5-6-7-8-9-10-11-13-16-19-22-25-28-31-39(43)47-36-38(37-49-51(45,46)48-35-34-42(2,3)4)50-40(44)32-29-26-23-20-17-14-12-15-18-21-24-27-30-33-41/h38H,5-37H2,1-4H3/p+1. The Morgan fingerprint density at radius 3 is 1.39 bits per heavy atom. The lowest BCUT2D eigenvalue weighted by molar-refractivity contribution is -0.870. The number of quaternary nitrogens is 1. The maximum atomic E-state index is 12.6. The highest BCUT2D eigenvalue weighted by molar-refractivity contribution is 7.47. The van der Waals surface area contributed by atoms with Gasteiger partial charge in [-0.05, 0) is 19.3 Å². The van der Waals surface area contributed by atoms with Crippen molar-refractivity contribution in [2.75, 3.05) is 54.2 Å².